The summed E-state index contributed by atoms with van der Waals surface area (Å²) >= 11 is 0. The Morgan fingerprint density at radius 1 is 1.69 bits per heavy atom. The van der Waals surface area contributed by atoms with Gasteiger partial charge in [0.2, 0.25) is 0 Å². The lowest BCUT2D eigenvalue weighted by Gasteiger charge is -2.05. The van der Waals surface area contributed by atoms with Crippen molar-refractivity contribution in [3.63, 3.8) is 0 Å². The molecule has 0 spiro atoms. The lowest BCUT2D eigenvalue weighted by molar-refractivity contribution is -0.142. The lowest BCUT2D eigenvalue weighted by Crippen LogP contribution is -2.30. The first-order chi connectivity index (χ1) is 5.87. The summed E-state index contributed by atoms with van der Waals surface area (Å²) in [6, 6.07) is -0.882. The van der Waals surface area contributed by atoms with Crippen LogP contribution < -0.4 is 5.73 Å². The van der Waals surface area contributed by atoms with Crippen molar-refractivity contribution in [1.29, 1.82) is 0 Å². The SMILES string of the molecule is COC(=O)C(N)C/C=C/P(=O)(O)O. The molecule has 0 radical (unpaired) electrons. The van der Waals surface area contributed by atoms with Gasteiger partial charge in [-0.05, 0) is 6.42 Å². The van der Waals surface area contributed by atoms with Gasteiger partial charge in [-0.15, -0.1) is 0 Å². The summed E-state index contributed by atoms with van der Waals surface area (Å²) in [6.45, 7) is 0. The molecule has 0 saturated heterocycles. The molecular formula is C6H12NO5P. The summed E-state index contributed by atoms with van der Waals surface area (Å²) in [7, 11) is -2.96. The van der Waals surface area contributed by atoms with E-state index in [1.165, 1.54) is 7.11 Å². The third kappa shape index (κ3) is 6.48. The van der Waals surface area contributed by atoms with Crippen LogP contribution in [0.4, 0.5) is 0 Å². The van der Waals surface area contributed by atoms with Gasteiger partial charge in [-0.1, -0.05) is 6.08 Å². The number of ether oxygens (including phenoxy) is 1. The highest BCUT2D eigenvalue weighted by Crippen LogP contribution is 2.35. The molecule has 4 N–H and O–H groups in total. The fourth-order valence-corrected chi connectivity index (χ4v) is 0.989. The van der Waals surface area contributed by atoms with Gasteiger partial charge >= 0.3 is 13.6 Å². The van der Waals surface area contributed by atoms with Gasteiger partial charge in [-0.2, -0.15) is 0 Å². The third-order valence-electron chi connectivity index (χ3n) is 1.19. The molecule has 76 valence electrons. The number of carbonyl (C=O) groups is 1. The van der Waals surface area contributed by atoms with Gasteiger partial charge in [0.05, 0.1) is 7.11 Å². The van der Waals surface area contributed by atoms with Crippen LogP contribution in [0.25, 0.3) is 0 Å². The summed E-state index contributed by atoms with van der Waals surface area (Å²) in [4.78, 5) is 27.5. The molecule has 13 heavy (non-hydrogen) atoms. The summed E-state index contributed by atoms with van der Waals surface area (Å²) in [5, 5.41) is 0. The summed E-state index contributed by atoms with van der Waals surface area (Å²) in [6.07, 6.45) is 1.19. The van der Waals surface area contributed by atoms with Gasteiger partial charge in [0.15, 0.2) is 0 Å². The van der Waals surface area contributed by atoms with E-state index in [4.69, 9.17) is 15.5 Å². The maximum Gasteiger partial charge on any atom is 0.348 e. The Kier molecular flexibility index (Phi) is 4.87. The molecule has 0 fully saturated rings. The molecule has 0 aliphatic heterocycles. The molecule has 7 heteroatoms. The lowest BCUT2D eigenvalue weighted by atomic mass is 10.2. The highest BCUT2D eigenvalue weighted by Gasteiger charge is 2.12. The first-order valence-electron chi connectivity index (χ1n) is 3.43. The Labute approximate surface area is 75.5 Å². The summed E-state index contributed by atoms with van der Waals surface area (Å²) < 4.78 is 14.6. The number of rotatable bonds is 4. The van der Waals surface area contributed by atoms with E-state index in [1.807, 2.05) is 0 Å². The van der Waals surface area contributed by atoms with Crippen LogP contribution in [0, 0.1) is 0 Å². The van der Waals surface area contributed by atoms with Crippen molar-refractivity contribution in [2.24, 2.45) is 5.73 Å². The van der Waals surface area contributed by atoms with Crippen molar-refractivity contribution in [2.75, 3.05) is 7.11 Å². The van der Waals surface area contributed by atoms with Crippen molar-refractivity contribution in [1.82, 2.24) is 0 Å². The Balaban J connectivity index is 3.96. The predicted molar refractivity (Wildman–Crippen MR) is 45.8 cm³/mol. The number of carbonyl (C=O) groups excluding carboxylic acids is 1. The zero-order valence-corrected chi connectivity index (χ0v) is 7.98. The molecule has 0 aliphatic carbocycles. The van der Waals surface area contributed by atoms with E-state index in [-0.39, 0.29) is 6.42 Å². The Bertz CT molecular complexity index is 245. The van der Waals surface area contributed by atoms with E-state index >= 15 is 0 Å². The fraction of sp³-hybridized carbons (Fsp3) is 0.500. The minimum atomic E-state index is -4.15. The Morgan fingerprint density at radius 2 is 2.23 bits per heavy atom. The van der Waals surface area contributed by atoms with E-state index in [2.05, 4.69) is 4.74 Å². The first kappa shape index (κ1) is 12.3. The smallest absolute Gasteiger partial charge is 0.348 e. The number of hydrogen-bond donors (Lipinski definition) is 3. The van der Waals surface area contributed by atoms with Crippen LogP contribution in [0.1, 0.15) is 6.42 Å². The van der Waals surface area contributed by atoms with Crippen molar-refractivity contribution in [2.45, 2.75) is 12.5 Å². The highest BCUT2D eigenvalue weighted by atomic mass is 31.2. The monoisotopic (exact) mass is 209 g/mol. The highest BCUT2D eigenvalue weighted by molar-refractivity contribution is 7.55. The fourth-order valence-electron chi connectivity index (χ4n) is 0.592. The van der Waals surface area contributed by atoms with Crippen molar-refractivity contribution < 1.29 is 23.9 Å². The van der Waals surface area contributed by atoms with E-state index in [0.29, 0.717) is 5.82 Å². The standard InChI is InChI=1S/C6H12NO5P/c1-12-6(8)5(7)3-2-4-13(9,10)11/h2,4-5H,3,7H2,1H3,(H2,9,10,11)/b4-2+. The number of esters is 1. The molecule has 0 rings (SSSR count). The maximum atomic E-state index is 10.7. The molecule has 6 nitrogen and oxygen atoms in total. The summed E-state index contributed by atoms with van der Waals surface area (Å²) in [5.74, 6) is 0.0888. The number of nitrogens with two attached hydrogens (primary N) is 1. The van der Waals surface area contributed by atoms with Crippen LogP contribution in [0.5, 0.6) is 0 Å². The molecule has 0 bridgehead atoms. The van der Waals surface area contributed by atoms with Crippen molar-refractivity contribution in [3.8, 4) is 0 Å². The van der Waals surface area contributed by atoms with E-state index in [0.717, 1.165) is 6.08 Å². The molecular weight excluding hydrogens is 197 g/mol. The average molecular weight is 209 g/mol. The second kappa shape index (κ2) is 5.14. The quantitative estimate of drug-likeness (QED) is 0.428. The number of hydrogen-bond acceptors (Lipinski definition) is 4. The van der Waals surface area contributed by atoms with Crippen LogP contribution in [-0.2, 0) is 14.1 Å². The van der Waals surface area contributed by atoms with Crippen molar-refractivity contribution in [3.05, 3.63) is 11.9 Å². The molecule has 0 aromatic heterocycles. The first-order valence-corrected chi connectivity index (χ1v) is 5.11. The normalized spacial score (nSPS) is 14.5. The number of methoxy groups -OCH3 is 1. The van der Waals surface area contributed by atoms with Crippen LogP contribution >= 0.6 is 7.60 Å². The molecule has 0 amide bonds. The van der Waals surface area contributed by atoms with Gasteiger partial charge in [-0.25, -0.2) is 0 Å². The predicted octanol–water partition coefficient (Wildman–Crippen LogP) is -0.432. The minimum absolute atomic E-state index is 0.0395. The van der Waals surface area contributed by atoms with E-state index < -0.39 is 19.6 Å². The van der Waals surface area contributed by atoms with E-state index in [9.17, 15) is 9.36 Å². The van der Waals surface area contributed by atoms with Gasteiger partial charge in [0, 0.05) is 5.82 Å². The molecule has 0 aromatic carbocycles. The summed E-state index contributed by atoms with van der Waals surface area (Å²) in [5.41, 5.74) is 5.28. The minimum Gasteiger partial charge on any atom is -0.468 e. The topological polar surface area (TPSA) is 110 Å². The molecule has 0 heterocycles. The third-order valence-corrected chi connectivity index (χ3v) is 1.79. The Morgan fingerprint density at radius 3 is 2.62 bits per heavy atom. The van der Waals surface area contributed by atoms with Gasteiger partial charge in [-0.3, -0.25) is 9.36 Å². The van der Waals surface area contributed by atoms with Crippen LogP contribution in [0.2, 0.25) is 0 Å². The maximum absolute atomic E-state index is 10.7. The average Bonchev–Trinajstić information content (AvgIpc) is 2.00. The van der Waals surface area contributed by atoms with Crippen LogP contribution in [0.15, 0.2) is 11.9 Å². The van der Waals surface area contributed by atoms with Crippen LogP contribution in [0.3, 0.4) is 0 Å². The second-order valence-corrected chi connectivity index (χ2v) is 3.82. The van der Waals surface area contributed by atoms with Gasteiger partial charge in [0.1, 0.15) is 6.04 Å². The molecule has 1 unspecified atom stereocenters. The van der Waals surface area contributed by atoms with Crippen molar-refractivity contribution >= 4 is 13.6 Å². The zero-order valence-electron chi connectivity index (χ0n) is 7.08. The molecule has 0 aliphatic rings. The van der Waals surface area contributed by atoms with Gasteiger partial charge in [0.25, 0.3) is 0 Å². The zero-order chi connectivity index (χ0) is 10.5. The molecule has 0 saturated carbocycles. The molecule has 1 atom stereocenters. The van der Waals surface area contributed by atoms with Gasteiger partial charge < -0.3 is 20.3 Å². The van der Waals surface area contributed by atoms with Crippen LogP contribution in [-0.4, -0.2) is 28.9 Å². The second-order valence-electron chi connectivity index (χ2n) is 2.34. The Hall–Kier alpha value is -0.680. The molecule has 0 aromatic rings. The largest absolute Gasteiger partial charge is 0.468 e. The van der Waals surface area contributed by atoms with E-state index in [1.54, 1.807) is 0 Å².